The molecular weight excluding hydrogens is 374 g/mol. The Morgan fingerprint density at radius 2 is 1.63 bits per heavy atom. The van der Waals surface area contributed by atoms with E-state index in [-0.39, 0.29) is 5.91 Å². The Morgan fingerprint density at radius 1 is 0.933 bits per heavy atom. The summed E-state index contributed by atoms with van der Waals surface area (Å²) in [5.41, 5.74) is 5.10. The van der Waals surface area contributed by atoms with Gasteiger partial charge in [-0.15, -0.1) is 0 Å². The number of ether oxygens (including phenoxy) is 1. The zero-order valence-corrected chi connectivity index (χ0v) is 16.8. The molecule has 0 saturated carbocycles. The summed E-state index contributed by atoms with van der Waals surface area (Å²) in [6.45, 7) is 0.977. The van der Waals surface area contributed by atoms with Crippen molar-refractivity contribution in [3.05, 3.63) is 108 Å². The predicted molar refractivity (Wildman–Crippen MR) is 117 cm³/mol. The number of rotatable bonds is 7. The van der Waals surface area contributed by atoms with Gasteiger partial charge in [0, 0.05) is 25.4 Å². The van der Waals surface area contributed by atoms with Crippen LogP contribution in [0.4, 0.5) is 0 Å². The van der Waals surface area contributed by atoms with Crippen LogP contribution in [0.5, 0.6) is 0 Å². The van der Waals surface area contributed by atoms with Gasteiger partial charge in [0.05, 0.1) is 17.9 Å². The molecule has 1 N–H and O–H groups in total. The van der Waals surface area contributed by atoms with Gasteiger partial charge in [-0.1, -0.05) is 72.8 Å². The third kappa shape index (κ3) is 4.47. The smallest absolute Gasteiger partial charge is 0.255 e. The standard InChI is InChI=1S/C25H23N3O2/c1-30-18-20-10-8-9-19(15-20)16-26-25(29)23-17-28(22-13-6-3-7-14-22)27-24(23)21-11-4-2-5-12-21/h2-15,17H,16,18H2,1H3,(H,26,29). The average molecular weight is 397 g/mol. The fraction of sp³-hybridized carbons (Fsp3) is 0.120. The van der Waals surface area contributed by atoms with Crippen molar-refractivity contribution in [1.29, 1.82) is 0 Å². The topological polar surface area (TPSA) is 56.1 Å². The molecule has 1 heterocycles. The van der Waals surface area contributed by atoms with E-state index in [4.69, 9.17) is 9.84 Å². The highest BCUT2D eigenvalue weighted by atomic mass is 16.5. The molecule has 0 saturated heterocycles. The van der Waals surface area contributed by atoms with Gasteiger partial charge in [0.2, 0.25) is 0 Å². The molecule has 4 rings (SSSR count). The highest BCUT2D eigenvalue weighted by Gasteiger charge is 2.18. The normalized spacial score (nSPS) is 10.7. The second-order valence-electron chi connectivity index (χ2n) is 6.97. The van der Waals surface area contributed by atoms with Gasteiger partial charge in [-0.25, -0.2) is 4.68 Å². The summed E-state index contributed by atoms with van der Waals surface area (Å²) in [6, 6.07) is 27.5. The maximum absolute atomic E-state index is 13.1. The van der Waals surface area contributed by atoms with Crippen molar-refractivity contribution in [1.82, 2.24) is 15.1 Å². The van der Waals surface area contributed by atoms with Gasteiger partial charge >= 0.3 is 0 Å². The predicted octanol–water partition coefficient (Wildman–Crippen LogP) is 4.62. The first kappa shape index (κ1) is 19.6. The summed E-state index contributed by atoms with van der Waals surface area (Å²) in [5.74, 6) is -0.159. The number of nitrogens with one attached hydrogen (secondary N) is 1. The third-order valence-electron chi connectivity index (χ3n) is 4.78. The zero-order valence-electron chi connectivity index (χ0n) is 16.8. The quantitative estimate of drug-likeness (QED) is 0.495. The van der Waals surface area contributed by atoms with Crippen LogP contribution in [0.1, 0.15) is 21.5 Å². The van der Waals surface area contributed by atoms with Crippen LogP contribution < -0.4 is 5.32 Å². The molecule has 0 aliphatic rings. The fourth-order valence-electron chi connectivity index (χ4n) is 3.34. The second kappa shape index (κ2) is 9.20. The summed E-state index contributed by atoms with van der Waals surface area (Å²) in [5, 5.41) is 7.73. The maximum atomic E-state index is 13.1. The lowest BCUT2D eigenvalue weighted by atomic mass is 10.1. The minimum atomic E-state index is -0.159. The van der Waals surface area contributed by atoms with Crippen molar-refractivity contribution in [2.75, 3.05) is 7.11 Å². The third-order valence-corrected chi connectivity index (χ3v) is 4.78. The largest absolute Gasteiger partial charge is 0.380 e. The van der Waals surface area contributed by atoms with Gasteiger partial charge < -0.3 is 10.1 Å². The summed E-state index contributed by atoms with van der Waals surface area (Å²) in [6.07, 6.45) is 1.79. The first-order valence-corrected chi connectivity index (χ1v) is 9.80. The molecule has 0 spiro atoms. The van der Waals surface area contributed by atoms with Gasteiger partial charge in [0.1, 0.15) is 5.69 Å². The highest BCUT2D eigenvalue weighted by molar-refractivity contribution is 5.99. The van der Waals surface area contributed by atoms with E-state index in [2.05, 4.69) is 5.32 Å². The van der Waals surface area contributed by atoms with Crippen molar-refractivity contribution in [2.45, 2.75) is 13.2 Å². The molecular formula is C25H23N3O2. The molecule has 1 amide bonds. The van der Waals surface area contributed by atoms with Gasteiger partial charge in [-0.3, -0.25) is 4.79 Å². The van der Waals surface area contributed by atoms with Crippen LogP contribution in [0.2, 0.25) is 0 Å². The van der Waals surface area contributed by atoms with E-state index in [9.17, 15) is 4.79 Å². The van der Waals surface area contributed by atoms with Crippen molar-refractivity contribution < 1.29 is 9.53 Å². The van der Waals surface area contributed by atoms with E-state index in [1.807, 2.05) is 84.9 Å². The molecule has 0 fully saturated rings. The number of benzene rings is 3. The lowest BCUT2D eigenvalue weighted by Gasteiger charge is -2.07. The summed E-state index contributed by atoms with van der Waals surface area (Å²) in [4.78, 5) is 13.1. The zero-order chi connectivity index (χ0) is 20.8. The summed E-state index contributed by atoms with van der Waals surface area (Å²) < 4.78 is 6.94. The van der Waals surface area contributed by atoms with Gasteiger partial charge in [-0.2, -0.15) is 5.10 Å². The molecule has 5 nitrogen and oxygen atoms in total. The molecule has 0 aliphatic carbocycles. The maximum Gasteiger partial charge on any atom is 0.255 e. The van der Waals surface area contributed by atoms with Gasteiger partial charge in [0.15, 0.2) is 0 Å². The SMILES string of the molecule is COCc1cccc(CNC(=O)c2cn(-c3ccccc3)nc2-c2ccccc2)c1. The highest BCUT2D eigenvalue weighted by Crippen LogP contribution is 2.23. The number of hydrogen-bond acceptors (Lipinski definition) is 3. The number of para-hydroxylation sites is 1. The van der Waals surface area contributed by atoms with E-state index in [1.54, 1.807) is 18.0 Å². The Labute approximate surface area is 175 Å². The Balaban J connectivity index is 1.61. The molecule has 0 radical (unpaired) electrons. The molecule has 30 heavy (non-hydrogen) atoms. The number of methoxy groups -OCH3 is 1. The Bertz CT molecular complexity index is 1120. The van der Waals surface area contributed by atoms with Crippen LogP contribution in [0.15, 0.2) is 91.1 Å². The molecule has 3 aromatic carbocycles. The summed E-state index contributed by atoms with van der Waals surface area (Å²) >= 11 is 0. The first-order valence-electron chi connectivity index (χ1n) is 9.80. The van der Waals surface area contributed by atoms with E-state index in [0.717, 1.165) is 22.4 Å². The first-order chi connectivity index (χ1) is 14.7. The van der Waals surface area contributed by atoms with E-state index < -0.39 is 0 Å². The second-order valence-corrected chi connectivity index (χ2v) is 6.97. The van der Waals surface area contributed by atoms with Crippen molar-refractivity contribution in [3.8, 4) is 16.9 Å². The van der Waals surface area contributed by atoms with Crippen LogP contribution in [-0.4, -0.2) is 22.8 Å². The molecule has 0 bridgehead atoms. The van der Waals surface area contributed by atoms with Gasteiger partial charge in [-0.05, 0) is 23.3 Å². The van der Waals surface area contributed by atoms with Crippen molar-refractivity contribution in [2.24, 2.45) is 0 Å². The van der Waals surface area contributed by atoms with Crippen molar-refractivity contribution in [3.63, 3.8) is 0 Å². The molecule has 0 aliphatic heterocycles. The summed E-state index contributed by atoms with van der Waals surface area (Å²) in [7, 11) is 1.67. The Morgan fingerprint density at radius 3 is 2.37 bits per heavy atom. The Hall–Kier alpha value is -3.70. The fourth-order valence-corrected chi connectivity index (χ4v) is 3.34. The number of nitrogens with zero attached hydrogens (tertiary/aromatic N) is 2. The van der Waals surface area contributed by atoms with Crippen LogP contribution in [0, 0.1) is 0 Å². The van der Waals surface area contributed by atoms with Crippen LogP contribution in [0.3, 0.4) is 0 Å². The molecule has 150 valence electrons. The Kier molecular flexibility index (Phi) is 6.01. The van der Waals surface area contributed by atoms with Crippen molar-refractivity contribution >= 4 is 5.91 Å². The number of aromatic nitrogens is 2. The molecule has 0 atom stereocenters. The van der Waals surface area contributed by atoms with E-state index in [0.29, 0.717) is 24.4 Å². The van der Waals surface area contributed by atoms with Crippen LogP contribution in [0.25, 0.3) is 16.9 Å². The number of carbonyl (C=O) groups excluding carboxylic acids is 1. The number of carbonyl (C=O) groups is 1. The van der Waals surface area contributed by atoms with E-state index in [1.165, 1.54) is 0 Å². The van der Waals surface area contributed by atoms with Gasteiger partial charge in [0.25, 0.3) is 5.91 Å². The minimum absolute atomic E-state index is 0.159. The number of amides is 1. The van der Waals surface area contributed by atoms with Crippen LogP contribution in [-0.2, 0) is 17.9 Å². The minimum Gasteiger partial charge on any atom is -0.380 e. The molecule has 1 aromatic heterocycles. The molecule has 0 unspecified atom stereocenters. The lowest BCUT2D eigenvalue weighted by Crippen LogP contribution is -2.23. The monoisotopic (exact) mass is 397 g/mol. The lowest BCUT2D eigenvalue weighted by molar-refractivity contribution is 0.0951. The van der Waals surface area contributed by atoms with E-state index >= 15 is 0 Å². The average Bonchev–Trinajstić information content (AvgIpc) is 3.25. The molecule has 5 heteroatoms. The van der Waals surface area contributed by atoms with Crippen LogP contribution >= 0.6 is 0 Å². The number of hydrogen-bond donors (Lipinski definition) is 1. The molecule has 4 aromatic rings.